The Bertz CT molecular complexity index is 788. The van der Waals surface area contributed by atoms with E-state index in [4.69, 9.17) is 4.74 Å². The van der Waals surface area contributed by atoms with Crippen LogP contribution in [0.1, 0.15) is 12.5 Å². The molecule has 0 atom stereocenters. The van der Waals surface area contributed by atoms with Crippen LogP contribution in [-0.2, 0) is 0 Å². The van der Waals surface area contributed by atoms with E-state index < -0.39 is 0 Å². The third-order valence-corrected chi connectivity index (χ3v) is 4.12. The summed E-state index contributed by atoms with van der Waals surface area (Å²) in [6, 6.07) is 4.40. The Labute approximate surface area is 125 Å². The van der Waals surface area contributed by atoms with Crippen LogP contribution in [0.25, 0.3) is 10.2 Å². The zero-order valence-electron chi connectivity index (χ0n) is 11.7. The fraction of sp³-hybridized carbons (Fsp3) is 0.200. The minimum Gasteiger partial charge on any atom is -0.492 e. The summed E-state index contributed by atoms with van der Waals surface area (Å²) in [6.07, 6.45) is 1.52. The molecule has 0 radical (unpaired) electrons. The van der Waals surface area contributed by atoms with Gasteiger partial charge in [-0.25, -0.2) is 14.4 Å². The number of aromatic nitrogens is 2. The average molecular weight is 303 g/mol. The minimum atomic E-state index is -0.330. The molecular formula is C15H14FN3OS. The van der Waals surface area contributed by atoms with Gasteiger partial charge in [0.05, 0.1) is 22.5 Å². The number of rotatable bonds is 4. The lowest BCUT2D eigenvalue weighted by molar-refractivity contribution is 0.340. The van der Waals surface area contributed by atoms with Crippen LogP contribution >= 0.6 is 11.3 Å². The first-order valence-electron chi connectivity index (χ1n) is 6.57. The molecule has 0 saturated heterocycles. The second-order valence-electron chi connectivity index (χ2n) is 4.52. The van der Waals surface area contributed by atoms with Gasteiger partial charge in [0.1, 0.15) is 17.9 Å². The second-order valence-corrected chi connectivity index (χ2v) is 5.40. The van der Waals surface area contributed by atoms with Gasteiger partial charge in [0, 0.05) is 6.07 Å². The largest absolute Gasteiger partial charge is 0.492 e. The maximum atomic E-state index is 13.3. The van der Waals surface area contributed by atoms with Crippen LogP contribution in [0.3, 0.4) is 0 Å². The topological polar surface area (TPSA) is 47.0 Å². The van der Waals surface area contributed by atoms with Gasteiger partial charge in [0.2, 0.25) is 0 Å². The van der Waals surface area contributed by atoms with E-state index in [1.807, 2.05) is 19.2 Å². The summed E-state index contributed by atoms with van der Waals surface area (Å²) in [5, 5.41) is 5.25. The SMILES string of the molecule is CCOc1cc(F)ccc1Nc1ncnc2c(C)csc12. The molecule has 0 aliphatic heterocycles. The van der Waals surface area contributed by atoms with Gasteiger partial charge in [-0.2, -0.15) is 0 Å². The normalized spacial score (nSPS) is 10.8. The molecule has 0 unspecified atom stereocenters. The number of fused-ring (bicyclic) bond motifs is 1. The predicted octanol–water partition coefficient (Wildman–Crippen LogP) is 4.28. The monoisotopic (exact) mass is 303 g/mol. The quantitative estimate of drug-likeness (QED) is 0.781. The lowest BCUT2D eigenvalue weighted by atomic mass is 10.2. The molecule has 0 saturated carbocycles. The standard InChI is InChI=1S/C15H14FN3OS/c1-3-20-12-6-10(16)4-5-11(12)19-15-14-13(17-8-18-15)9(2)7-21-14/h4-8H,3H2,1-2H3,(H,17,18,19). The Balaban J connectivity index is 2.02. The van der Waals surface area contributed by atoms with Crippen LogP contribution in [-0.4, -0.2) is 16.6 Å². The van der Waals surface area contributed by atoms with Gasteiger partial charge in [0.25, 0.3) is 0 Å². The molecule has 0 fully saturated rings. The number of nitrogens with one attached hydrogen (secondary N) is 1. The number of anilines is 2. The molecule has 2 heterocycles. The molecule has 3 rings (SSSR count). The van der Waals surface area contributed by atoms with Crippen molar-refractivity contribution in [3.63, 3.8) is 0 Å². The number of aryl methyl sites for hydroxylation is 1. The molecule has 0 aliphatic carbocycles. The molecule has 1 N–H and O–H groups in total. The third-order valence-electron chi connectivity index (χ3n) is 3.03. The van der Waals surface area contributed by atoms with Crippen molar-refractivity contribution >= 4 is 33.1 Å². The zero-order chi connectivity index (χ0) is 14.8. The molecule has 1 aromatic carbocycles. The Morgan fingerprint density at radius 2 is 2.19 bits per heavy atom. The molecule has 0 aliphatic rings. The Morgan fingerprint density at radius 1 is 1.33 bits per heavy atom. The van der Waals surface area contributed by atoms with Gasteiger partial charge in [-0.05, 0) is 36.9 Å². The van der Waals surface area contributed by atoms with Gasteiger partial charge in [0.15, 0.2) is 5.82 Å². The highest BCUT2D eigenvalue weighted by Gasteiger charge is 2.11. The summed E-state index contributed by atoms with van der Waals surface area (Å²) in [4.78, 5) is 8.56. The molecule has 2 aromatic heterocycles. The highest BCUT2D eigenvalue weighted by Crippen LogP contribution is 2.33. The number of thiophene rings is 1. The van der Waals surface area contributed by atoms with Crippen LogP contribution < -0.4 is 10.1 Å². The van der Waals surface area contributed by atoms with E-state index in [0.29, 0.717) is 23.9 Å². The van der Waals surface area contributed by atoms with E-state index in [0.717, 1.165) is 15.8 Å². The Morgan fingerprint density at radius 3 is 3.00 bits per heavy atom. The maximum Gasteiger partial charge on any atom is 0.151 e. The number of benzene rings is 1. The second kappa shape index (κ2) is 5.65. The lowest BCUT2D eigenvalue weighted by Gasteiger charge is -2.12. The van der Waals surface area contributed by atoms with Crippen molar-refractivity contribution < 1.29 is 9.13 Å². The molecule has 3 aromatic rings. The lowest BCUT2D eigenvalue weighted by Crippen LogP contribution is -2.00. The summed E-state index contributed by atoms with van der Waals surface area (Å²) in [6.45, 7) is 4.34. The molecule has 0 spiro atoms. The first-order chi connectivity index (χ1) is 10.2. The maximum absolute atomic E-state index is 13.3. The van der Waals surface area contributed by atoms with Crippen molar-refractivity contribution in [3.8, 4) is 5.75 Å². The number of hydrogen-bond donors (Lipinski definition) is 1. The van der Waals surface area contributed by atoms with Crippen LogP contribution in [0.5, 0.6) is 5.75 Å². The molecule has 4 nitrogen and oxygen atoms in total. The fourth-order valence-corrected chi connectivity index (χ4v) is 3.01. The van der Waals surface area contributed by atoms with Gasteiger partial charge in [-0.1, -0.05) is 0 Å². The zero-order valence-corrected chi connectivity index (χ0v) is 12.5. The predicted molar refractivity (Wildman–Crippen MR) is 83.0 cm³/mol. The van der Waals surface area contributed by atoms with E-state index in [1.54, 1.807) is 17.4 Å². The third kappa shape index (κ3) is 2.67. The van der Waals surface area contributed by atoms with E-state index in [1.165, 1.54) is 18.5 Å². The van der Waals surface area contributed by atoms with Crippen molar-refractivity contribution in [2.75, 3.05) is 11.9 Å². The highest BCUT2D eigenvalue weighted by atomic mass is 32.1. The van der Waals surface area contributed by atoms with E-state index in [2.05, 4.69) is 15.3 Å². The fourth-order valence-electron chi connectivity index (χ4n) is 2.06. The number of nitrogens with zero attached hydrogens (tertiary/aromatic N) is 2. The van der Waals surface area contributed by atoms with Crippen LogP contribution in [0.15, 0.2) is 29.9 Å². The first-order valence-corrected chi connectivity index (χ1v) is 7.45. The van der Waals surface area contributed by atoms with E-state index >= 15 is 0 Å². The Hall–Kier alpha value is -2.21. The average Bonchev–Trinajstić information content (AvgIpc) is 2.85. The van der Waals surface area contributed by atoms with E-state index in [9.17, 15) is 4.39 Å². The van der Waals surface area contributed by atoms with Gasteiger partial charge in [-0.3, -0.25) is 0 Å². The smallest absolute Gasteiger partial charge is 0.151 e. The van der Waals surface area contributed by atoms with Crippen LogP contribution in [0, 0.1) is 12.7 Å². The van der Waals surface area contributed by atoms with E-state index in [-0.39, 0.29) is 5.82 Å². The summed E-state index contributed by atoms with van der Waals surface area (Å²) in [5.74, 6) is 0.840. The van der Waals surface area contributed by atoms with Crippen molar-refractivity contribution in [3.05, 3.63) is 41.3 Å². The summed E-state index contributed by atoms with van der Waals surface area (Å²) >= 11 is 1.58. The summed E-state index contributed by atoms with van der Waals surface area (Å²) in [7, 11) is 0. The van der Waals surface area contributed by atoms with Crippen molar-refractivity contribution in [1.82, 2.24) is 9.97 Å². The minimum absolute atomic E-state index is 0.330. The molecule has 108 valence electrons. The highest BCUT2D eigenvalue weighted by molar-refractivity contribution is 7.18. The summed E-state index contributed by atoms with van der Waals surface area (Å²) < 4.78 is 19.8. The molecule has 0 amide bonds. The van der Waals surface area contributed by atoms with Crippen molar-refractivity contribution in [1.29, 1.82) is 0 Å². The number of halogens is 1. The summed E-state index contributed by atoms with van der Waals surface area (Å²) in [5.41, 5.74) is 2.73. The van der Waals surface area contributed by atoms with Crippen LogP contribution in [0.2, 0.25) is 0 Å². The van der Waals surface area contributed by atoms with Gasteiger partial charge < -0.3 is 10.1 Å². The molecule has 21 heavy (non-hydrogen) atoms. The molecule has 6 heteroatoms. The first kappa shape index (κ1) is 13.8. The Kier molecular flexibility index (Phi) is 3.70. The number of hydrogen-bond acceptors (Lipinski definition) is 5. The van der Waals surface area contributed by atoms with Crippen molar-refractivity contribution in [2.45, 2.75) is 13.8 Å². The van der Waals surface area contributed by atoms with Crippen LogP contribution in [0.4, 0.5) is 15.9 Å². The molecule has 0 bridgehead atoms. The van der Waals surface area contributed by atoms with Gasteiger partial charge in [-0.15, -0.1) is 11.3 Å². The molecular weight excluding hydrogens is 289 g/mol. The number of ether oxygens (including phenoxy) is 1. The van der Waals surface area contributed by atoms with Gasteiger partial charge >= 0.3 is 0 Å². The van der Waals surface area contributed by atoms with Crippen molar-refractivity contribution in [2.24, 2.45) is 0 Å².